The molecule has 2 amide bonds. The van der Waals surface area contributed by atoms with E-state index in [1.165, 1.54) is 0 Å². The smallest absolute Gasteiger partial charge is 0.410 e. The normalized spacial score (nSPS) is 13.6. The summed E-state index contributed by atoms with van der Waals surface area (Å²) < 4.78 is 10.8. The fourth-order valence-corrected chi connectivity index (χ4v) is 2.88. The Hall–Kier alpha value is -2.74. The molecule has 0 unspecified atom stereocenters. The van der Waals surface area contributed by atoms with Crippen molar-refractivity contribution in [1.29, 1.82) is 0 Å². The summed E-state index contributed by atoms with van der Waals surface area (Å²) in [7, 11) is 0. The largest absolute Gasteiger partial charge is 0.484 e. The fourth-order valence-electron chi connectivity index (χ4n) is 2.75. The third-order valence-corrected chi connectivity index (χ3v) is 4.28. The second-order valence-corrected chi connectivity index (χ2v) is 7.91. The molecular weight excluding hydrogens is 384 g/mol. The molecule has 0 saturated carbocycles. The Kier molecular flexibility index (Phi) is 5.79. The van der Waals surface area contributed by atoms with Gasteiger partial charge in [0.05, 0.1) is 12.2 Å². The molecule has 1 aromatic carbocycles. The van der Waals surface area contributed by atoms with Crippen LogP contribution in [-0.2, 0) is 22.5 Å². The number of carbonyl (C=O) groups excluding carboxylic acids is 2. The van der Waals surface area contributed by atoms with Gasteiger partial charge in [0.15, 0.2) is 12.4 Å². The van der Waals surface area contributed by atoms with Crippen LogP contribution in [0.25, 0.3) is 0 Å². The lowest BCUT2D eigenvalue weighted by atomic mass is 10.1. The molecule has 0 bridgehead atoms. The van der Waals surface area contributed by atoms with E-state index in [0.29, 0.717) is 36.1 Å². The highest BCUT2D eigenvalue weighted by atomic mass is 35.5. The number of benzene rings is 1. The minimum absolute atomic E-state index is 0.146. The van der Waals surface area contributed by atoms with E-state index in [-0.39, 0.29) is 18.6 Å². The summed E-state index contributed by atoms with van der Waals surface area (Å²) in [6.45, 7) is 6.19. The average molecular weight is 407 g/mol. The molecule has 1 aliphatic rings. The molecule has 28 heavy (non-hydrogen) atoms. The number of fused-ring (bicyclic) bond motifs is 1. The number of amides is 2. The van der Waals surface area contributed by atoms with Crippen molar-refractivity contribution < 1.29 is 19.1 Å². The topological polar surface area (TPSA) is 96.6 Å². The molecule has 1 aliphatic heterocycles. The minimum Gasteiger partial charge on any atom is -0.484 e. The predicted molar refractivity (Wildman–Crippen MR) is 105 cm³/mol. The summed E-state index contributed by atoms with van der Waals surface area (Å²) in [6, 6.07) is 6.76. The molecule has 1 aromatic heterocycles. The molecule has 0 aliphatic carbocycles. The van der Waals surface area contributed by atoms with Gasteiger partial charge in [-0.1, -0.05) is 11.6 Å². The van der Waals surface area contributed by atoms with Gasteiger partial charge in [0.2, 0.25) is 0 Å². The van der Waals surface area contributed by atoms with Crippen molar-refractivity contribution in [3.63, 3.8) is 0 Å². The first kappa shape index (κ1) is 20.0. The zero-order valence-corrected chi connectivity index (χ0v) is 16.8. The van der Waals surface area contributed by atoms with Crippen molar-refractivity contribution >= 4 is 29.4 Å². The Labute approximate surface area is 168 Å². The van der Waals surface area contributed by atoms with E-state index in [1.807, 2.05) is 20.8 Å². The molecule has 2 N–H and O–H groups in total. The summed E-state index contributed by atoms with van der Waals surface area (Å²) in [5, 5.41) is 10.4. The maximum absolute atomic E-state index is 12.2. The highest BCUT2D eigenvalue weighted by molar-refractivity contribution is 6.30. The van der Waals surface area contributed by atoms with Crippen LogP contribution in [0.1, 0.15) is 32.0 Å². The number of halogens is 1. The number of anilines is 1. The quantitative estimate of drug-likeness (QED) is 0.811. The predicted octanol–water partition coefficient (Wildman–Crippen LogP) is 3.37. The molecule has 9 heteroatoms. The molecule has 0 atom stereocenters. The summed E-state index contributed by atoms with van der Waals surface area (Å²) in [6.07, 6.45) is 0.202. The van der Waals surface area contributed by atoms with Crippen molar-refractivity contribution in [2.45, 2.75) is 39.3 Å². The maximum Gasteiger partial charge on any atom is 0.410 e. The van der Waals surface area contributed by atoms with Gasteiger partial charge < -0.3 is 19.7 Å². The van der Waals surface area contributed by atoms with Crippen LogP contribution < -0.4 is 10.1 Å². The van der Waals surface area contributed by atoms with Gasteiger partial charge >= 0.3 is 6.09 Å². The Morgan fingerprint density at radius 2 is 2.00 bits per heavy atom. The number of nitrogens with zero attached hydrogens (tertiary/aromatic N) is 2. The maximum atomic E-state index is 12.2. The Morgan fingerprint density at radius 3 is 2.68 bits per heavy atom. The standard InChI is InChI=1S/C19H23ClN4O4/c1-19(2,3)28-18(26)24-9-8-14-15(10-24)22-23-17(14)21-16(25)11-27-13-6-4-12(20)5-7-13/h4-7H,8-11H2,1-3H3,(H2,21,22,23,25). The van der Waals surface area contributed by atoms with E-state index in [9.17, 15) is 9.59 Å². The van der Waals surface area contributed by atoms with Crippen molar-refractivity contribution in [3.05, 3.63) is 40.5 Å². The van der Waals surface area contributed by atoms with Crippen molar-refractivity contribution in [2.75, 3.05) is 18.5 Å². The molecule has 8 nitrogen and oxygen atoms in total. The van der Waals surface area contributed by atoms with Gasteiger partial charge in [-0.2, -0.15) is 5.10 Å². The molecule has 2 heterocycles. The van der Waals surface area contributed by atoms with Gasteiger partial charge in [-0.15, -0.1) is 0 Å². The zero-order valence-electron chi connectivity index (χ0n) is 16.0. The van der Waals surface area contributed by atoms with Crippen LogP contribution in [0.4, 0.5) is 10.6 Å². The third kappa shape index (κ3) is 5.16. The number of aromatic amines is 1. The third-order valence-electron chi connectivity index (χ3n) is 4.03. The highest BCUT2D eigenvalue weighted by Crippen LogP contribution is 2.25. The van der Waals surface area contributed by atoms with Crippen molar-refractivity contribution in [1.82, 2.24) is 15.1 Å². The van der Waals surface area contributed by atoms with Crippen molar-refractivity contribution in [2.24, 2.45) is 0 Å². The molecule has 150 valence electrons. The number of ether oxygens (including phenoxy) is 2. The number of aromatic nitrogens is 2. The van der Waals surface area contributed by atoms with E-state index >= 15 is 0 Å². The summed E-state index contributed by atoms with van der Waals surface area (Å²) in [5.74, 6) is 0.693. The number of rotatable bonds is 4. The number of hydrogen-bond donors (Lipinski definition) is 2. The Bertz CT molecular complexity index is 858. The summed E-state index contributed by atoms with van der Waals surface area (Å²) in [4.78, 5) is 26.0. The number of H-pyrrole nitrogens is 1. The van der Waals surface area contributed by atoms with Gasteiger partial charge in [0.1, 0.15) is 11.4 Å². The van der Waals surface area contributed by atoms with E-state index < -0.39 is 5.60 Å². The number of carbonyl (C=O) groups is 2. The molecule has 0 spiro atoms. The lowest BCUT2D eigenvalue weighted by Crippen LogP contribution is -2.40. The van der Waals surface area contributed by atoms with Crippen LogP contribution in [0.2, 0.25) is 5.02 Å². The monoisotopic (exact) mass is 406 g/mol. The van der Waals surface area contributed by atoms with Gasteiger partial charge in [-0.05, 0) is 51.5 Å². The summed E-state index contributed by atoms with van der Waals surface area (Å²) >= 11 is 5.82. The lowest BCUT2D eigenvalue weighted by Gasteiger charge is -2.29. The second kappa shape index (κ2) is 8.10. The van der Waals surface area contributed by atoms with E-state index in [1.54, 1.807) is 29.2 Å². The van der Waals surface area contributed by atoms with Crippen LogP contribution in [0.15, 0.2) is 24.3 Å². The lowest BCUT2D eigenvalue weighted by molar-refractivity contribution is -0.118. The fraction of sp³-hybridized carbons (Fsp3) is 0.421. The molecule has 0 saturated heterocycles. The first-order chi connectivity index (χ1) is 13.2. The van der Waals surface area contributed by atoms with Gasteiger partial charge in [-0.25, -0.2) is 4.79 Å². The van der Waals surface area contributed by atoms with Crippen LogP contribution in [0, 0.1) is 0 Å². The molecule has 0 fully saturated rings. The van der Waals surface area contributed by atoms with E-state index in [2.05, 4.69) is 15.5 Å². The first-order valence-corrected chi connectivity index (χ1v) is 9.31. The number of hydrogen-bond acceptors (Lipinski definition) is 5. The van der Waals surface area contributed by atoms with Crippen LogP contribution in [-0.4, -0.2) is 45.9 Å². The van der Waals surface area contributed by atoms with Crippen LogP contribution in [0.3, 0.4) is 0 Å². The minimum atomic E-state index is -0.547. The SMILES string of the molecule is CC(C)(C)OC(=O)N1CCc2c(NC(=O)COc3ccc(Cl)cc3)n[nH]c2C1. The van der Waals surface area contributed by atoms with E-state index in [4.69, 9.17) is 21.1 Å². The average Bonchev–Trinajstić information content (AvgIpc) is 3.02. The van der Waals surface area contributed by atoms with Crippen LogP contribution >= 0.6 is 11.6 Å². The Balaban J connectivity index is 1.55. The molecular formula is C19H23ClN4O4. The van der Waals surface area contributed by atoms with E-state index in [0.717, 1.165) is 11.3 Å². The second-order valence-electron chi connectivity index (χ2n) is 7.47. The van der Waals surface area contributed by atoms with Gasteiger partial charge in [-0.3, -0.25) is 9.89 Å². The van der Waals surface area contributed by atoms with Crippen molar-refractivity contribution in [3.8, 4) is 5.75 Å². The first-order valence-electron chi connectivity index (χ1n) is 8.93. The van der Waals surface area contributed by atoms with Gasteiger partial charge in [0, 0.05) is 17.1 Å². The number of nitrogens with one attached hydrogen (secondary N) is 2. The highest BCUT2D eigenvalue weighted by Gasteiger charge is 2.28. The van der Waals surface area contributed by atoms with Gasteiger partial charge in [0.25, 0.3) is 5.91 Å². The molecule has 0 radical (unpaired) electrons. The zero-order chi connectivity index (χ0) is 20.3. The molecule has 2 aromatic rings. The Morgan fingerprint density at radius 1 is 1.29 bits per heavy atom. The molecule has 3 rings (SSSR count). The summed E-state index contributed by atoms with van der Waals surface area (Å²) in [5.41, 5.74) is 1.12. The van der Waals surface area contributed by atoms with Crippen LogP contribution in [0.5, 0.6) is 5.75 Å².